The van der Waals surface area contributed by atoms with Crippen molar-refractivity contribution in [1.29, 1.82) is 0 Å². The van der Waals surface area contributed by atoms with Crippen LogP contribution in [-0.2, 0) is 11.3 Å². The van der Waals surface area contributed by atoms with Crippen LogP contribution in [0.1, 0.15) is 18.4 Å². The van der Waals surface area contributed by atoms with Crippen LogP contribution in [0.3, 0.4) is 0 Å². The van der Waals surface area contributed by atoms with Crippen LogP contribution in [0.4, 0.5) is 4.79 Å². The van der Waals surface area contributed by atoms with Crippen molar-refractivity contribution in [3.05, 3.63) is 42.5 Å². The second kappa shape index (κ2) is 7.12. The molecule has 2 aromatic rings. The van der Waals surface area contributed by atoms with Crippen molar-refractivity contribution in [3.63, 3.8) is 0 Å². The van der Waals surface area contributed by atoms with E-state index < -0.39 is 11.9 Å². The van der Waals surface area contributed by atoms with Gasteiger partial charge < -0.3 is 15.3 Å². The lowest BCUT2D eigenvalue weighted by Gasteiger charge is -2.30. The quantitative estimate of drug-likeness (QED) is 0.880. The number of amides is 2. The second-order valence-corrected chi connectivity index (χ2v) is 5.79. The highest BCUT2D eigenvalue weighted by Gasteiger charge is 2.27. The van der Waals surface area contributed by atoms with Gasteiger partial charge in [-0.1, -0.05) is 12.1 Å². The Bertz CT molecular complexity index is 716. The molecule has 1 aliphatic rings. The molecule has 8 nitrogen and oxygen atoms in total. The molecule has 1 aromatic heterocycles. The van der Waals surface area contributed by atoms with Gasteiger partial charge >= 0.3 is 12.0 Å². The van der Waals surface area contributed by atoms with Gasteiger partial charge in [-0.05, 0) is 30.5 Å². The molecule has 0 saturated carbocycles. The van der Waals surface area contributed by atoms with E-state index in [4.69, 9.17) is 5.11 Å². The highest BCUT2D eigenvalue weighted by Crippen LogP contribution is 2.16. The van der Waals surface area contributed by atoms with Gasteiger partial charge in [-0.3, -0.25) is 4.79 Å². The minimum Gasteiger partial charge on any atom is -0.481 e. The molecule has 2 N–H and O–H groups in total. The van der Waals surface area contributed by atoms with E-state index in [1.807, 2.05) is 24.3 Å². The molecule has 2 heterocycles. The molecule has 1 atom stereocenters. The van der Waals surface area contributed by atoms with Crippen molar-refractivity contribution in [2.45, 2.75) is 19.4 Å². The Balaban J connectivity index is 1.58. The monoisotopic (exact) mass is 329 g/mol. The summed E-state index contributed by atoms with van der Waals surface area (Å²) in [7, 11) is 0. The molecule has 24 heavy (non-hydrogen) atoms. The van der Waals surface area contributed by atoms with E-state index in [1.54, 1.807) is 15.9 Å². The average Bonchev–Trinajstić information content (AvgIpc) is 3.15. The van der Waals surface area contributed by atoms with E-state index in [1.165, 1.54) is 6.33 Å². The average molecular weight is 329 g/mol. The van der Waals surface area contributed by atoms with Crippen molar-refractivity contribution < 1.29 is 14.7 Å². The first-order valence-electron chi connectivity index (χ1n) is 7.83. The molecule has 1 saturated heterocycles. The fourth-order valence-electron chi connectivity index (χ4n) is 2.80. The van der Waals surface area contributed by atoms with E-state index in [0.29, 0.717) is 25.9 Å². The molecule has 3 rings (SSSR count). The number of benzene rings is 1. The third-order valence-corrected chi connectivity index (χ3v) is 4.10. The van der Waals surface area contributed by atoms with Crippen molar-refractivity contribution in [2.24, 2.45) is 5.92 Å². The Morgan fingerprint density at radius 3 is 3.00 bits per heavy atom. The normalized spacial score (nSPS) is 17.5. The summed E-state index contributed by atoms with van der Waals surface area (Å²) in [5.41, 5.74) is 1.80. The maximum atomic E-state index is 12.2. The zero-order valence-electron chi connectivity index (χ0n) is 13.1. The lowest BCUT2D eigenvalue weighted by molar-refractivity contribution is -0.143. The van der Waals surface area contributed by atoms with Crippen LogP contribution < -0.4 is 5.32 Å². The summed E-state index contributed by atoms with van der Waals surface area (Å²) in [6.45, 7) is 1.23. The number of carbonyl (C=O) groups is 2. The number of urea groups is 1. The summed E-state index contributed by atoms with van der Waals surface area (Å²) in [5, 5.41) is 16.0. The number of piperidine rings is 1. The molecule has 2 amide bonds. The second-order valence-electron chi connectivity index (χ2n) is 5.79. The molecule has 1 aromatic carbocycles. The van der Waals surface area contributed by atoms with Gasteiger partial charge in [0.25, 0.3) is 0 Å². The van der Waals surface area contributed by atoms with Crippen LogP contribution in [0.2, 0.25) is 0 Å². The maximum Gasteiger partial charge on any atom is 0.317 e. The number of aliphatic carboxylic acids is 1. The predicted molar refractivity (Wildman–Crippen MR) is 85.5 cm³/mol. The van der Waals surface area contributed by atoms with Crippen LogP contribution >= 0.6 is 0 Å². The van der Waals surface area contributed by atoms with Crippen molar-refractivity contribution >= 4 is 12.0 Å². The van der Waals surface area contributed by atoms with Gasteiger partial charge in [-0.25, -0.2) is 14.5 Å². The van der Waals surface area contributed by atoms with Crippen LogP contribution in [0.15, 0.2) is 36.9 Å². The predicted octanol–water partition coefficient (Wildman–Crippen LogP) is 1.27. The number of nitrogens with one attached hydrogen (secondary N) is 1. The summed E-state index contributed by atoms with van der Waals surface area (Å²) in [4.78, 5) is 28.8. The van der Waals surface area contributed by atoms with E-state index in [-0.39, 0.29) is 12.6 Å². The standard InChI is InChI=1S/C16H19N5O3/c22-15(23)13-4-2-6-20(9-13)16(24)18-8-12-3-1-5-14(7-12)21-11-17-10-19-21/h1,3,5,7,10-11,13H,2,4,6,8-9H2,(H,18,24)(H,22,23). The summed E-state index contributed by atoms with van der Waals surface area (Å²) < 4.78 is 1.65. The van der Waals surface area contributed by atoms with E-state index in [2.05, 4.69) is 15.4 Å². The lowest BCUT2D eigenvalue weighted by atomic mass is 9.99. The highest BCUT2D eigenvalue weighted by atomic mass is 16.4. The van der Waals surface area contributed by atoms with E-state index in [0.717, 1.165) is 11.3 Å². The number of carboxylic acids is 1. The Morgan fingerprint density at radius 1 is 1.38 bits per heavy atom. The third-order valence-electron chi connectivity index (χ3n) is 4.10. The van der Waals surface area contributed by atoms with Crippen molar-refractivity contribution in [3.8, 4) is 5.69 Å². The minimum atomic E-state index is -0.840. The zero-order chi connectivity index (χ0) is 16.9. The molecule has 8 heteroatoms. The van der Waals surface area contributed by atoms with Crippen LogP contribution in [0, 0.1) is 5.92 Å². The number of nitrogens with zero attached hydrogens (tertiary/aromatic N) is 4. The largest absolute Gasteiger partial charge is 0.481 e. The number of rotatable bonds is 4. The lowest BCUT2D eigenvalue weighted by Crippen LogP contribution is -2.46. The topological polar surface area (TPSA) is 100 Å². The van der Waals surface area contributed by atoms with Gasteiger partial charge in [-0.2, -0.15) is 5.10 Å². The Hall–Kier alpha value is -2.90. The van der Waals surface area contributed by atoms with Crippen molar-refractivity contribution in [2.75, 3.05) is 13.1 Å². The van der Waals surface area contributed by atoms with Crippen LogP contribution in [0.5, 0.6) is 0 Å². The minimum absolute atomic E-state index is 0.230. The first kappa shape index (κ1) is 16.0. The highest BCUT2D eigenvalue weighted by molar-refractivity contribution is 5.76. The summed E-state index contributed by atoms with van der Waals surface area (Å²) in [5.74, 6) is -1.31. The smallest absolute Gasteiger partial charge is 0.317 e. The Morgan fingerprint density at radius 2 is 2.25 bits per heavy atom. The Kier molecular flexibility index (Phi) is 4.74. The first-order chi connectivity index (χ1) is 11.6. The molecule has 0 bridgehead atoms. The first-order valence-corrected chi connectivity index (χ1v) is 7.83. The van der Waals surface area contributed by atoms with E-state index >= 15 is 0 Å². The number of likely N-dealkylation sites (tertiary alicyclic amines) is 1. The van der Waals surface area contributed by atoms with Gasteiger partial charge in [-0.15, -0.1) is 0 Å². The number of hydrogen-bond acceptors (Lipinski definition) is 4. The molecule has 1 aliphatic heterocycles. The number of aromatic nitrogens is 3. The number of hydrogen-bond donors (Lipinski definition) is 2. The number of carboxylic acid groups (broad SMARTS) is 1. The van der Waals surface area contributed by atoms with Crippen molar-refractivity contribution in [1.82, 2.24) is 25.0 Å². The molecule has 1 fully saturated rings. The fourth-order valence-corrected chi connectivity index (χ4v) is 2.80. The molecule has 0 radical (unpaired) electrons. The number of carbonyl (C=O) groups excluding carboxylic acids is 1. The van der Waals surface area contributed by atoms with Gasteiger partial charge in [0.2, 0.25) is 0 Å². The van der Waals surface area contributed by atoms with Gasteiger partial charge in [0.1, 0.15) is 12.7 Å². The molecule has 0 aliphatic carbocycles. The maximum absolute atomic E-state index is 12.2. The molecule has 126 valence electrons. The zero-order valence-corrected chi connectivity index (χ0v) is 13.1. The summed E-state index contributed by atoms with van der Waals surface area (Å²) in [6.07, 6.45) is 4.41. The van der Waals surface area contributed by atoms with Gasteiger partial charge in [0, 0.05) is 19.6 Å². The van der Waals surface area contributed by atoms with E-state index in [9.17, 15) is 9.59 Å². The Labute approximate surface area is 139 Å². The summed E-state index contributed by atoms with van der Waals surface area (Å²) >= 11 is 0. The molecular weight excluding hydrogens is 310 g/mol. The van der Waals surface area contributed by atoms with Crippen LogP contribution in [0.25, 0.3) is 5.69 Å². The van der Waals surface area contributed by atoms with Crippen LogP contribution in [-0.4, -0.2) is 49.9 Å². The third kappa shape index (κ3) is 3.70. The van der Waals surface area contributed by atoms with Gasteiger partial charge in [0.15, 0.2) is 0 Å². The van der Waals surface area contributed by atoms with Gasteiger partial charge in [0.05, 0.1) is 11.6 Å². The fraction of sp³-hybridized carbons (Fsp3) is 0.375. The molecule has 0 spiro atoms. The molecular formula is C16H19N5O3. The SMILES string of the molecule is O=C(O)C1CCCN(C(=O)NCc2cccc(-n3cncn3)c2)C1. The summed E-state index contributed by atoms with van der Waals surface area (Å²) in [6, 6.07) is 7.40. The molecule has 1 unspecified atom stereocenters.